The minimum absolute atomic E-state index is 0.182. The zero-order valence-electron chi connectivity index (χ0n) is 12.0. The molecule has 0 amide bonds. The van der Waals surface area contributed by atoms with E-state index in [1.54, 1.807) is 0 Å². The van der Waals surface area contributed by atoms with Gasteiger partial charge in [0.15, 0.2) is 11.5 Å². The summed E-state index contributed by atoms with van der Waals surface area (Å²) >= 11 is 0. The summed E-state index contributed by atoms with van der Waals surface area (Å²) in [6, 6.07) is 6.21. The highest BCUT2D eigenvalue weighted by Gasteiger charge is 2.24. The summed E-state index contributed by atoms with van der Waals surface area (Å²) in [5, 5.41) is 9.38. The number of anilines is 1. The van der Waals surface area contributed by atoms with Crippen LogP contribution in [-0.2, 0) is 0 Å². The Bertz CT molecular complexity index is 461. The second-order valence-electron chi connectivity index (χ2n) is 5.86. The second-order valence-corrected chi connectivity index (χ2v) is 5.86. The van der Waals surface area contributed by atoms with Gasteiger partial charge in [-0.2, -0.15) is 0 Å². The molecular formula is C16H23NO3. The molecule has 1 aromatic carbocycles. The van der Waals surface area contributed by atoms with Crippen molar-refractivity contribution in [1.29, 1.82) is 0 Å². The van der Waals surface area contributed by atoms with Gasteiger partial charge in [-0.1, -0.05) is 0 Å². The summed E-state index contributed by atoms with van der Waals surface area (Å²) < 4.78 is 11.2. The fraction of sp³-hybridized carbons (Fsp3) is 0.625. The molecule has 20 heavy (non-hydrogen) atoms. The number of aliphatic hydroxyl groups is 1. The predicted molar refractivity (Wildman–Crippen MR) is 78.7 cm³/mol. The van der Waals surface area contributed by atoms with Crippen LogP contribution in [0.3, 0.4) is 0 Å². The molecule has 110 valence electrons. The van der Waals surface area contributed by atoms with Gasteiger partial charge in [0, 0.05) is 24.8 Å². The van der Waals surface area contributed by atoms with Crippen LogP contribution in [0.1, 0.15) is 26.2 Å². The van der Waals surface area contributed by atoms with Crippen molar-refractivity contribution in [1.82, 2.24) is 0 Å². The maximum atomic E-state index is 9.38. The lowest BCUT2D eigenvalue weighted by Gasteiger charge is -2.23. The third-order valence-electron chi connectivity index (χ3n) is 4.17. The van der Waals surface area contributed by atoms with Gasteiger partial charge in [0.25, 0.3) is 0 Å². The Labute approximate surface area is 120 Å². The molecule has 2 atom stereocenters. The van der Waals surface area contributed by atoms with E-state index in [0.29, 0.717) is 19.1 Å². The number of hydrogen-bond donors (Lipinski definition) is 1. The first-order valence-corrected chi connectivity index (χ1v) is 7.55. The molecule has 0 spiro atoms. The van der Waals surface area contributed by atoms with Crippen LogP contribution in [0.15, 0.2) is 18.2 Å². The molecule has 2 aliphatic rings. The average molecular weight is 277 g/mol. The van der Waals surface area contributed by atoms with Crippen molar-refractivity contribution >= 4 is 5.69 Å². The van der Waals surface area contributed by atoms with Crippen molar-refractivity contribution in [2.45, 2.75) is 32.3 Å². The molecule has 2 aliphatic heterocycles. The monoisotopic (exact) mass is 277 g/mol. The first-order valence-electron chi connectivity index (χ1n) is 7.55. The molecule has 4 nitrogen and oxygen atoms in total. The average Bonchev–Trinajstić information content (AvgIpc) is 2.93. The molecule has 3 rings (SSSR count). The molecular weight excluding hydrogens is 254 g/mol. The normalized spacial score (nSPS) is 22.9. The van der Waals surface area contributed by atoms with Crippen molar-refractivity contribution in [3.8, 4) is 11.5 Å². The van der Waals surface area contributed by atoms with Gasteiger partial charge in [0.2, 0.25) is 0 Å². The fourth-order valence-corrected chi connectivity index (χ4v) is 3.01. The van der Waals surface area contributed by atoms with Crippen molar-refractivity contribution in [3.05, 3.63) is 18.2 Å². The minimum Gasteiger partial charge on any atom is -0.486 e. The number of benzene rings is 1. The molecule has 2 unspecified atom stereocenters. The van der Waals surface area contributed by atoms with Gasteiger partial charge in [0.1, 0.15) is 13.2 Å². The predicted octanol–water partition coefficient (Wildman–Crippen LogP) is 2.45. The van der Waals surface area contributed by atoms with Gasteiger partial charge >= 0.3 is 0 Å². The van der Waals surface area contributed by atoms with Gasteiger partial charge in [-0.25, -0.2) is 0 Å². The number of aliphatic hydroxyl groups excluding tert-OH is 1. The zero-order valence-corrected chi connectivity index (χ0v) is 12.0. The van der Waals surface area contributed by atoms with E-state index >= 15 is 0 Å². The highest BCUT2D eigenvalue weighted by molar-refractivity contribution is 5.57. The number of nitrogens with zero attached hydrogens (tertiary/aromatic N) is 1. The molecule has 0 aliphatic carbocycles. The van der Waals surface area contributed by atoms with E-state index in [1.807, 2.05) is 13.0 Å². The van der Waals surface area contributed by atoms with Crippen LogP contribution in [-0.4, -0.2) is 37.5 Å². The van der Waals surface area contributed by atoms with Crippen molar-refractivity contribution < 1.29 is 14.6 Å². The molecule has 0 saturated carbocycles. The first-order chi connectivity index (χ1) is 9.72. The van der Waals surface area contributed by atoms with Gasteiger partial charge in [-0.3, -0.25) is 0 Å². The summed E-state index contributed by atoms with van der Waals surface area (Å²) in [4.78, 5) is 2.41. The zero-order chi connectivity index (χ0) is 13.9. The number of hydrogen-bond acceptors (Lipinski definition) is 4. The van der Waals surface area contributed by atoms with Crippen LogP contribution < -0.4 is 14.4 Å². The second kappa shape index (κ2) is 5.92. The third kappa shape index (κ3) is 3.01. The van der Waals surface area contributed by atoms with E-state index in [-0.39, 0.29) is 6.10 Å². The number of fused-ring (bicyclic) bond motifs is 1. The number of ether oxygens (including phenoxy) is 2. The smallest absolute Gasteiger partial charge is 0.163 e. The quantitative estimate of drug-likeness (QED) is 0.918. The lowest BCUT2D eigenvalue weighted by atomic mass is 10.0. The Kier molecular flexibility index (Phi) is 4.01. The van der Waals surface area contributed by atoms with Crippen molar-refractivity contribution in [2.75, 3.05) is 31.2 Å². The minimum atomic E-state index is -0.182. The van der Waals surface area contributed by atoms with Crippen LogP contribution in [0, 0.1) is 5.92 Å². The van der Waals surface area contributed by atoms with Crippen LogP contribution >= 0.6 is 0 Å². The third-order valence-corrected chi connectivity index (χ3v) is 4.17. The van der Waals surface area contributed by atoms with Gasteiger partial charge in [-0.05, 0) is 44.2 Å². The van der Waals surface area contributed by atoms with Crippen molar-refractivity contribution in [3.63, 3.8) is 0 Å². The Balaban J connectivity index is 1.62. The van der Waals surface area contributed by atoms with E-state index in [4.69, 9.17) is 9.47 Å². The number of rotatable bonds is 4. The SMILES string of the molecule is CC(O)CCC1CCN(c2ccc3c(c2)OCCO3)C1. The standard InChI is InChI=1S/C16H23NO3/c1-12(18)2-3-13-6-7-17(11-13)14-4-5-15-16(10-14)20-9-8-19-15/h4-5,10,12-13,18H,2-3,6-9,11H2,1H3. The Morgan fingerprint density at radius 3 is 2.90 bits per heavy atom. The van der Waals surface area contributed by atoms with E-state index in [1.165, 1.54) is 12.1 Å². The van der Waals surface area contributed by atoms with Crippen LogP contribution in [0.5, 0.6) is 11.5 Å². The van der Waals surface area contributed by atoms with Crippen LogP contribution in [0.4, 0.5) is 5.69 Å². The van der Waals surface area contributed by atoms with Gasteiger partial charge < -0.3 is 19.5 Å². The van der Waals surface area contributed by atoms with Gasteiger partial charge in [0.05, 0.1) is 6.10 Å². The molecule has 1 fully saturated rings. The highest BCUT2D eigenvalue weighted by Crippen LogP contribution is 2.36. The summed E-state index contributed by atoms with van der Waals surface area (Å²) in [6.07, 6.45) is 3.04. The molecule has 0 bridgehead atoms. The fourth-order valence-electron chi connectivity index (χ4n) is 3.01. The lowest BCUT2D eigenvalue weighted by molar-refractivity contribution is 0.171. The summed E-state index contributed by atoms with van der Waals surface area (Å²) in [5.74, 6) is 2.41. The maximum absolute atomic E-state index is 9.38. The summed E-state index contributed by atoms with van der Waals surface area (Å²) in [5.41, 5.74) is 1.22. The van der Waals surface area contributed by atoms with E-state index in [2.05, 4.69) is 17.0 Å². The molecule has 0 aromatic heterocycles. The topological polar surface area (TPSA) is 41.9 Å². The molecule has 0 radical (unpaired) electrons. The molecule has 1 N–H and O–H groups in total. The molecule has 4 heteroatoms. The summed E-state index contributed by atoms with van der Waals surface area (Å²) in [7, 11) is 0. The molecule has 1 saturated heterocycles. The lowest BCUT2D eigenvalue weighted by Crippen LogP contribution is -2.21. The summed E-state index contributed by atoms with van der Waals surface area (Å²) in [6.45, 7) is 5.30. The van der Waals surface area contributed by atoms with E-state index < -0.39 is 0 Å². The Morgan fingerprint density at radius 2 is 2.10 bits per heavy atom. The largest absolute Gasteiger partial charge is 0.486 e. The van der Waals surface area contributed by atoms with E-state index in [0.717, 1.165) is 37.4 Å². The van der Waals surface area contributed by atoms with Gasteiger partial charge in [-0.15, -0.1) is 0 Å². The molecule has 2 heterocycles. The Hall–Kier alpha value is -1.42. The van der Waals surface area contributed by atoms with Crippen molar-refractivity contribution in [2.24, 2.45) is 5.92 Å². The first kappa shape index (κ1) is 13.6. The highest BCUT2D eigenvalue weighted by atomic mass is 16.6. The maximum Gasteiger partial charge on any atom is 0.163 e. The molecule has 1 aromatic rings. The van der Waals surface area contributed by atoms with Crippen LogP contribution in [0.2, 0.25) is 0 Å². The Morgan fingerprint density at radius 1 is 1.30 bits per heavy atom. The van der Waals surface area contributed by atoms with Crippen LogP contribution in [0.25, 0.3) is 0 Å². The van der Waals surface area contributed by atoms with E-state index in [9.17, 15) is 5.11 Å².